The number of carbonyl (C=O) groups is 2. The highest BCUT2D eigenvalue weighted by atomic mass is 16.2. The molecule has 0 saturated carbocycles. The van der Waals surface area contributed by atoms with E-state index in [-0.39, 0.29) is 11.8 Å². The van der Waals surface area contributed by atoms with Crippen LogP contribution < -0.4 is 10.2 Å². The Morgan fingerprint density at radius 1 is 0.900 bits per heavy atom. The van der Waals surface area contributed by atoms with Crippen LogP contribution in [0.2, 0.25) is 0 Å². The smallest absolute Gasteiger partial charge is 0.251 e. The molecule has 2 amide bonds. The van der Waals surface area contributed by atoms with Gasteiger partial charge < -0.3 is 10.2 Å². The number of hydrogen-bond donors (Lipinski definition) is 1. The number of nitrogens with one attached hydrogen (secondary N) is 1. The van der Waals surface area contributed by atoms with E-state index < -0.39 is 0 Å². The molecule has 4 rings (SSSR count). The first-order valence-corrected chi connectivity index (χ1v) is 10.4. The van der Waals surface area contributed by atoms with E-state index in [1.54, 1.807) is 6.92 Å². The van der Waals surface area contributed by atoms with Gasteiger partial charge in [0.15, 0.2) is 0 Å². The summed E-state index contributed by atoms with van der Waals surface area (Å²) in [5.74, 6) is 0.00495. The van der Waals surface area contributed by atoms with Gasteiger partial charge >= 0.3 is 0 Å². The second-order valence-corrected chi connectivity index (χ2v) is 7.69. The molecule has 3 aromatic rings. The topological polar surface area (TPSA) is 49.4 Å². The molecule has 0 unspecified atom stereocenters. The van der Waals surface area contributed by atoms with Crippen LogP contribution in [0.4, 0.5) is 5.69 Å². The van der Waals surface area contributed by atoms with Crippen molar-refractivity contribution in [2.24, 2.45) is 0 Å². The molecule has 0 aromatic heterocycles. The lowest BCUT2D eigenvalue weighted by Gasteiger charge is -2.15. The minimum atomic E-state index is -0.0767. The molecular weight excluding hydrogens is 372 g/mol. The zero-order chi connectivity index (χ0) is 21.1. The molecule has 30 heavy (non-hydrogen) atoms. The van der Waals surface area contributed by atoms with E-state index >= 15 is 0 Å². The first kappa shape index (κ1) is 19.9. The van der Waals surface area contributed by atoms with Gasteiger partial charge in [0, 0.05) is 31.3 Å². The third kappa shape index (κ3) is 4.13. The number of carbonyl (C=O) groups excluding carboxylic acids is 2. The normalized spacial score (nSPS) is 12.5. The predicted molar refractivity (Wildman–Crippen MR) is 121 cm³/mol. The highest BCUT2D eigenvalue weighted by Gasteiger charge is 2.22. The van der Waals surface area contributed by atoms with E-state index in [2.05, 4.69) is 42.6 Å². The van der Waals surface area contributed by atoms with Gasteiger partial charge in [-0.3, -0.25) is 9.59 Å². The van der Waals surface area contributed by atoms with Crippen molar-refractivity contribution in [1.29, 1.82) is 0 Å². The van der Waals surface area contributed by atoms with Crippen molar-refractivity contribution in [3.63, 3.8) is 0 Å². The van der Waals surface area contributed by atoms with Gasteiger partial charge in [-0.05, 0) is 64.9 Å². The van der Waals surface area contributed by atoms with Gasteiger partial charge in [-0.2, -0.15) is 0 Å². The van der Waals surface area contributed by atoms with Gasteiger partial charge in [-0.25, -0.2) is 0 Å². The lowest BCUT2D eigenvalue weighted by Crippen LogP contribution is -2.25. The second kappa shape index (κ2) is 8.54. The number of rotatable bonds is 5. The molecule has 0 aliphatic carbocycles. The van der Waals surface area contributed by atoms with E-state index in [0.717, 1.165) is 41.8 Å². The van der Waals surface area contributed by atoms with Crippen molar-refractivity contribution in [3.8, 4) is 11.1 Å². The molecule has 1 aliphatic heterocycles. The molecule has 4 nitrogen and oxygen atoms in total. The quantitative estimate of drug-likeness (QED) is 0.674. The highest BCUT2D eigenvalue weighted by molar-refractivity contribution is 5.95. The van der Waals surface area contributed by atoms with Crippen LogP contribution in [-0.4, -0.2) is 18.4 Å². The zero-order valence-corrected chi connectivity index (χ0v) is 17.4. The number of hydrogen-bond acceptors (Lipinski definition) is 2. The molecule has 4 heteroatoms. The van der Waals surface area contributed by atoms with Crippen molar-refractivity contribution < 1.29 is 9.59 Å². The number of aryl methyl sites for hydroxylation is 1. The van der Waals surface area contributed by atoms with Crippen LogP contribution in [0.3, 0.4) is 0 Å². The number of fused-ring (bicyclic) bond motifs is 1. The monoisotopic (exact) mass is 398 g/mol. The Morgan fingerprint density at radius 2 is 1.57 bits per heavy atom. The minimum absolute atomic E-state index is 0.0767. The van der Waals surface area contributed by atoms with Crippen molar-refractivity contribution in [3.05, 3.63) is 89.0 Å². The zero-order valence-electron chi connectivity index (χ0n) is 17.4. The van der Waals surface area contributed by atoms with Crippen molar-refractivity contribution in [2.45, 2.75) is 33.2 Å². The third-order valence-corrected chi connectivity index (χ3v) is 5.72. The second-order valence-electron chi connectivity index (χ2n) is 7.69. The number of nitrogens with zero attached hydrogens (tertiary/aromatic N) is 1. The Morgan fingerprint density at radius 3 is 2.23 bits per heavy atom. The van der Waals surface area contributed by atoms with E-state index in [9.17, 15) is 9.59 Å². The Balaban J connectivity index is 1.42. The molecule has 0 atom stereocenters. The first-order chi connectivity index (χ1) is 14.5. The lowest BCUT2D eigenvalue weighted by atomic mass is 10.0. The molecule has 0 saturated heterocycles. The summed E-state index contributed by atoms with van der Waals surface area (Å²) in [4.78, 5) is 26.0. The fraction of sp³-hybridized carbons (Fsp3) is 0.231. The molecule has 0 spiro atoms. The SMILES string of the molecule is CCc1ccc(CNC(=O)c2ccc(-c3ccc4c(c3)CCN4C(C)=O)cc2)cc1. The lowest BCUT2D eigenvalue weighted by molar-refractivity contribution is -0.116. The Hall–Kier alpha value is -3.40. The molecule has 1 aliphatic rings. The van der Waals surface area contributed by atoms with E-state index in [0.29, 0.717) is 12.1 Å². The summed E-state index contributed by atoms with van der Waals surface area (Å²) in [7, 11) is 0. The maximum atomic E-state index is 12.5. The van der Waals surface area contributed by atoms with Crippen LogP contribution in [0.5, 0.6) is 0 Å². The third-order valence-electron chi connectivity index (χ3n) is 5.72. The standard InChI is InChI=1S/C26H26N2O2/c1-3-19-4-6-20(7-5-19)17-27-26(30)22-10-8-21(9-11-22)23-12-13-25-24(16-23)14-15-28(25)18(2)29/h4-13,16H,3,14-15,17H2,1-2H3,(H,27,30). The average molecular weight is 399 g/mol. The Labute approximate surface area is 177 Å². The van der Waals surface area contributed by atoms with Gasteiger partial charge in [-0.15, -0.1) is 0 Å². The molecular formula is C26H26N2O2. The Bertz CT molecular complexity index is 1070. The molecule has 0 radical (unpaired) electrons. The van der Waals surface area contributed by atoms with Crippen molar-refractivity contribution in [1.82, 2.24) is 5.32 Å². The maximum Gasteiger partial charge on any atom is 0.251 e. The summed E-state index contributed by atoms with van der Waals surface area (Å²) in [5, 5.41) is 2.98. The van der Waals surface area contributed by atoms with Gasteiger partial charge in [0.2, 0.25) is 5.91 Å². The average Bonchev–Trinajstić information content (AvgIpc) is 3.21. The van der Waals surface area contributed by atoms with Crippen LogP contribution in [0.1, 0.15) is 40.9 Å². The molecule has 0 bridgehead atoms. The minimum Gasteiger partial charge on any atom is -0.348 e. The molecule has 3 aromatic carbocycles. The summed E-state index contributed by atoms with van der Waals surface area (Å²) in [6.07, 6.45) is 1.89. The van der Waals surface area contributed by atoms with Crippen molar-refractivity contribution >= 4 is 17.5 Å². The Kier molecular flexibility index (Phi) is 5.66. The summed E-state index contributed by atoms with van der Waals surface area (Å²) in [6.45, 7) is 4.99. The summed E-state index contributed by atoms with van der Waals surface area (Å²) < 4.78 is 0. The van der Waals surface area contributed by atoms with E-state index in [1.165, 1.54) is 11.1 Å². The van der Waals surface area contributed by atoms with Crippen LogP contribution in [-0.2, 0) is 24.2 Å². The summed E-state index contributed by atoms with van der Waals surface area (Å²) in [5.41, 5.74) is 7.39. The number of benzene rings is 3. The molecule has 0 fully saturated rings. The number of amides is 2. The predicted octanol–water partition coefficient (Wildman–Crippen LogP) is 4.76. The van der Waals surface area contributed by atoms with Crippen LogP contribution in [0.15, 0.2) is 66.7 Å². The van der Waals surface area contributed by atoms with Crippen LogP contribution in [0.25, 0.3) is 11.1 Å². The van der Waals surface area contributed by atoms with Crippen LogP contribution >= 0.6 is 0 Å². The molecule has 152 valence electrons. The highest BCUT2D eigenvalue weighted by Crippen LogP contribution is 2.32. The van der Waals surface area contributed by atoms with Crippen molar-refractivity contribution in [2.75, 3.05) is 11.4 Å². The summed E-state index contributed by atoms with van der Waals surface area (Å²) >= 11 is 0. The summed E-state index contributed by atoms with van der Waals surface area (Å²) in [6, 6.07) is 22.2. The fourth-order valence-electron chi connectivity index (χ4n) is 3.90. The van der Waals surface area contributed by atoms with Crippen LogP contribution in [0, 0.1) is 0 Å². The first-order valence-electron chi connectivity index (χ1n) is 10.4. The molecule has 1 N–H and O–H groups in total. The van der Waals surface area contributed by atoms with E-state index in [4.69, 9.17) is 0 Å². The fourth-order valence-corrected chi connectivity index (χ4v) is 3.90. The van der Waals surface area contributed by atoms with Gasteiger partial charge in [0.25, 0.3) is 5.91 Å². The maximum absolute atomic E-state index is 12.5. The van der Waals surface area contributed by atoms with Gasteiger partial charge in [-0.1, -0.05) is 49.4 Å². The number of anilines is 1. The van der Waals surface area contributed by atoms with Gasteiger partial charge in [0.05, 0.1) is 0 Å². The molecule has 1 heterocycles. The van der Waals surface area contributed by atoms with E-state index in [1.807, 2.05) is 41.3 Å². The largest absolute Gasteiger partial charge is 0.348 e. The van der Waals surface area contributed by atoms with Gasteiger partial charge in [0.1, 0.15) is 0 Å².